The highest BCUT2D eigenvalue weighted by molar-refractivity contribution is 7.99. The first-order valence-corrected chi connectivity index (χ1v) is 7.84. The molecule has 106 valence electrons. The van der Waals surface area contributed by atoms with E-state index in [1.165, 1.54) is 20.9 Å². The second-order valence-corrected chi connectivity index (χ2v) is 7.16. The highest BCUT2D eigenvalue weighted by Crippen LogP contribution is 2.32. The van der Waals surface area contributed by atoms with E-state index in [0.717, 1.165) is 6.54 Å². The van der Waals surface area contributed by atoms with Gasteiger partial charge in [0.15, 0.2) is 0 Å². The van der Waals surface area contributed by atoms with Gasteiger partial charge < -0.3 is 5.32 Å². The van der Waals surface area contributed by atoms with Crippen molar-refractivity contribution in [3.8, 4) is 0 Å². The standard InChI is InChI=1S/C18H23NS/c1-14-9-5-7-11-16(14)20-17-12-8-6-10-15(17)13-19-18(2,3)4/h5-12,19H,13H2,1-4H3. The Hall–Kier alpha value is -1.25. The molecule has 2 aromatic carbocycles. The van der Waals surface area contributed by atoms with E-state index in [1.54, 1.807) is 0 Å². The Morgan fingerprint density at radius 2 is 1.50 bits per heavy atom. The van der Waals surface area contributed by atoms with Crippen molar-refractivity contribution in [3.05, 3.63) is 59.7 Å². The first-order chi connectivity index (χ1) is 9.46. The maximum Gasteiger partial charge on any atom is 0.0221 e. The lowest BCUT2D eigenvalue weighted by molar-refractivity contribution is 0.422. The lowest BCUT2D eigenvalue weighted by atomic mass is 10.1. The van der Waals surface area contributed by atoms with E-state index in [2.05, 4.69) is 81.5 Å². The number of benzene rings is 2. The average Bonchev–Trinajstić information content (AvgIpc) is 2.39. The second-order valence-electron chi connectivity index (χ2n) is 6.08. The van der Waals surface area contributed by atoms with E-state index in [1.807, 2.05) is 11.8 Å². The molecule has 0 heterocycles. The summed E-state index contributed by atoms with van der Waals surface area (Å²) in [5.41, 5.74) is 2.83. The van der Waals surface area contributed by atoms with Crippen LogP contribution in [0.5, 0.6) is 0 Å². The van der Waals surface area contributed by atoms with E-state index in [0.29, 0.717) is 0 Å². The number of rotatable bonds is 4. The number of hydrogen-bond acceptors (Lipinski definition) is 2. The molecule has 0 unspecified atom stereocenters. The van der Waals surface area contributed by atoms with Gasteiger partial charge in [-0.2, -0.15) is 0 Å². The second kappa shape index (κ2) is 6.47. The van der Waals surface area contributed by atoms with E-state index < -0.39 is 0 Å². The average molecular weight is 285 g/mol. The quantitative estimate of drug-likeness (QED) is 0.845. The topological polar surface area (TPSA) is 12.0 Å². The molecule has 0 radical (unpaired) electrons. The number of nitrogens with one attached hydrogen (secondary N) is 1. The fourth-order valence-corrected chi connectivity index (χ4v) is 2.93. The summed E-state index contributed by atoms with van der Waals surface area (Å²) in [7, 11) is 0. The first-order valence-electron chi connectivity index (χ1n) is 7.02. The van der Waals surface area contributed by atoms with Crippen molar-refractivity contribution in [2.45, 2.75) is 49.6 Å². The van der Waals surface area contributed by atoms with Crippen molar-refractivity contribution < 1.29 is 0 Å². The van der Waals surface area contributed by atoms with Crippen LogP contribution >= 0.6 is 11.8 Å². The van der Waals surface area contributed by atoms with Crippen molar-refractivity contribution >= 4 is 11.8 Å². The van der Waals surface area contributed by atoms with Crippen LogP contribution in [-0.4, -0.2) is 5.54 Å². The Bertz CT molecular complexity index is 570. The Kier molecular flexibility index (Phi) is 4.90. The Morgan fingerprint density at radius 1 is 0.900 bits per heavy atom. The van der Waals surface area contributed by atoms with E-state index in [-0.39, 0.29) is 5.54 Å². The smallest absolute Gasteiger partial charge is 0.0221 e. The van der Waals surface area contributed by atoms with Crippen LogP contribution in [0.4, 0.5) is 0 Å². The fourth-order valence-electron chi connectivity index (χ4n) is 1.90. The minimum Gasteiger partial charge on any atom is -0.308 e. The van der Waals surface area contributed by atoms with Crippen molar-refractivity contribution in [1.82, 2.24) is 5.32 Å². The monoisotopic (exact) mass is 285 g/mol. The minimum absolute atomic E-state index is 0.139. The third-order valence-electron chi connectivity index (χ3n) is 3.10. The highest BCUT2D eigenvalue weighted by atomic mass is 32.2. The van der Waals surface area contributed by atoms with Gasteiger partial charge in [0, 0.05) is 21.9 Å². The van der Waals surface area contributed by atoms with Crippen molar-refractivity contribution in [3.63, 3.8) is 0 Å². The number of hydrogen-bond donors (Lipinski definition) is 1. The predicted octanol–water partition coefficient (Wildman–Crippen LogP) is 5.03. The molecule has 2 rings (SSSR count). The highest BCUT2D eigenvalue weighted by Gasteiger charge is 2.11. The molecule has 0 spiro atoms. The van der Waals surface area contributed by atoms with Crippen LogP contribution in [-0.2, 0) is 6.54 Å². The zero-order valence-electron chi connectivity index (χ0n) is 12.7. The zero-order valence-corrected chi connectivity index (χ0v) is 13.6. The summed E-state index contributed by atoms with van der Waals surface area (Å²) in [6.07, 6.45) is 0. The van der Waals surface area contributed by atoms with E-state index >= 15 is 0 Å². The van der Waals surface area contributed by atoms with Gasteiger partial charge >= 0.3 is 0 Å². The molecular weight excluding hydrogens is 262 g/mol. The van der Waals surface area contributed by atoms with Crippen LogP contribution < -0.4 is 5.32 Å². The van der Waals surface area contributed by atoms with Crippen molar-refractivity contribution in [2.24, 2.45) is 0 Å². The van der Waals surface area contributed by atoms with Crippen molar-refractivity contribution in [2.75, 3.05) is 0 Å². The lowest BCUT2D eigenvalue weighted by Crippen LogP contribution is -2.35. The summed E-state index contributed by atoms with van der Waals surface area (Å²) in [6, 6.07) is 17.2. The third-order valence-corrected chi connectivity index (χ3v) is 4.39. The van der Waals surface area contributed by atoms with Gasteiger partial charge in [0.25, 0.3) is 0 Å². The van der Waals surface area contributed by atoms with Crippen LogP contribution in [0.3, 0.4) is 0 Å². The molecule has 0 aliphatic rings. The molecule has 20 heavy (non-hydrogen) atoms. The first kappa shape index (κ1) is 15.1. The van der Waals surface area contributed by atoms with Gasteiger partial charge in [0.05, 0.1) is 0 Å². The van der Waals surface area contributed by atoms with E-state index in [4.69, 9.17) is 0 Å². The van der Waals surface area contributed by atoms with Crippen molar-refractivity contribution in [1.29, 1.82) is 0 Å². The molecule has 1 nitrogen and oxygen atoms in total. The summed E-state index contributed by atoms with van der Waals surface area (Å²) in [5.74, 6) is 0. The molecule has 0 aliphatic heterocycles. The summed E-state index contributed by atoms with van der Waals surface area (Å²) in [5, 5.41) is 3.57. The van der Waals surface area contributed by atoms with Gasteiger partial charge in [-0.15, -0.1) is 0 Å². The maximum atomic E-state index is 3.57. The molecular formula is C18H23NS. The molecule has 0 amide bonds. The van der Waals surface area contributed by atoms with Gasteiger partial charge in [0.1, 0.15) is 0 Å². The molecule has 0 aliphatic carbocycles. The normalized spacial score (nSPS) is 11.6. The minimum atomic E-state index is 0.139. The molecule has 2 heteroatoms. The SMILES string of the molecule is Cc1ccccc1Sc1ccccc1CNC(C)(C)C. The summed E-state index contributed by atoms with van der Waals surface area (Å²) >= 11 is 1.85. The summed E-state index contributed by atoms with van der Waals surface area (Å²) in [6.45, 7) is 9.66. The van der Waals surface area contributed by atoms with Gasteiger partial charge in [0.2, 0.25) is 0 Å². The Labute approximate surface area is 126 Å². The molecule has 0 saturated carbocycles. The largest absolute Gasteiger partial charge is 0.308 e. The summed E-state index contributed by atoms with van der Waals surface area (Å²) in [4.78, 5) is 2.66. The van der Waals surface area contributed by atoms with Gasteiger partial charge in [-0.1, -0.05) is 48.2 Å². The van der Waals surface area contributed by atoms with Crippen LogP contribution in [0.2, 0.25) is 0 Å². The molecule has 0 saturated heterocycles. The lowest BCUT2D eigenvalue weighted by Gasteiger charge is -2.21. The van der Waals surface area contributed by atoms with E-state index in [9.17, 15) is 0 Å². The Balaban J connectivity index is 2.18. The summed E-state index contributed by atoms with van der Waals surface area (Å²) < 4.78 is 0. The number of aryl methyl sites for hydroxylation is 1. The molecule has 0 atom stereocenters. The molecule has 1 N–H and O–H groups in total. The molecule has 0 aromatic heterocycles. The van der Waals surface area contributed by atoms with Gasteiger partial charge in [-0.3, -0.25) is 0 Å². The maximum absolute atomic E-state index is 3.57. The molecule has 0 fully saturated rings. The Morgan fingerprint density at radius 3 is 2.15 bits per heavy atom. The third kappa shape index (κ3) is 4.39. The predicted molar refractivity (Wildman–Crippen MR) is 88.3 cm³/mol. The van der Waals surface area contributed by atoms with Gasteiger partial charge in [-0.25, -0.2) is 0 Å². The molecule has 2 aromatic rings. The van der Waals surface area contributed by atoms with Gasteiger partial charge in [-0.05, 0) is 51.0 Å². The fraction of sp³-hybridized carbons (Fsp3) is 0.333. The zero-order chi connectivity index (χ0) is 14.6. The van der Waals surface area contributed by atoms with Crippen LogP contribution in [0.25, 0.3) is 0 Å². The van der Waals surface area contributed by atoms with Crippen LogP contribution in [0, 0.1) is 6.92 Å². The van der Waals surface area contributed by atoms with Crippen LogP contribution in [0.15, 0.2) is 58.3 Å². The van der Waals surface area contributed by atoms with Crippen LogP contribution in [0.1, 0.15) is 31.9 Å². The molecule has 0 bridgehead atoms.